The van der Waals surface area contributed by atoms with E-state index >= 15 is 0 Å². The van der Waals surface area contributed by atoms with Crippen LogP contribution in [-0.4, -0.2) is 23.0 Å². The molecular formula is C18H16F6N6. The molecule has 0 bridgehead atoms. The number of aromatic nitrogens is 1. The van der Waals surface area contributed by atoms with Gasteiger partial charge in [0.2, 0.25) is 0 Å². The molecule has 0 aliphatic carbocycles. The van der Waals surface area contributed by atoms with Gasteiger partial charge in [-0.1, -0.05) is 0 Å². The van der Waals surface area contributed by atoms with Crippen LogP contribution in [-0.2, 0) is 0 Å². The largest absolute Gasteiger partial charge is 0.432 e. The van der Waals surface area contributed by atoms with Crippen molar-refractivity contribution in [1.29, 1.82) is 5.41 Å². The Hall–Kier alpha value is -3.54. The number of hydrogen-bond donors (Lipinski definition) is 4. The molecule has 0 fully saturated rings. The molecule has 0 amide bonds. The molecule has 2 aromatic rings. The lowest BCUT2D eigenvalue weighted by Crippen LogP contribution is -2.26. The summed E-state index contributed by atoms with van der Waals surface area (Å²) in [5.41, 5.74) is 3.09. The molecule has 0 aliphatic rings. The fourth-order valence-electron chi connectivity index (χ4n) is 2.12. The Morgan fingerprint density at radius 1 is 1.03 bits per heavy atom. The summed E-state index contributed by atoms with van der Waals surface area (Å²) in [5, 5.41) is 9.71. The molecule has 6 N–H and O–H groups in total. The average Bonchev–Trinajstić information content (AvgIpc) is 2.67. The molecule has 0 radical (unpaired) electrons. The first-order valence-electron chi connectivity index (χ1n) is 8.11. The molecule has 0 aliphatic heterocycles. The van der Waals surface area contributed by atoms with Gasteiger partial charge in [-0.15, -0.1) is 0 Å². The molecule has 2 rings (SSSR count). The zero-order chi connectivity index (χ0) is 22.5. The van der Waals surface area contributed by atoms with Crippen molar-refractivity contribution >= 4 is 22.8 Å². The first-order chi connectivity index (χ1) is 13.9. The summed E-state index contributed by atoms with van der Waals surface area (Å²) in [6, 6.07) is 8.39. The molecule has 0 unspecified atom stereocenters. The minimum absolute atomic E-state index is 0.157. The van der Waals surface area contributed by atoms with Crippen LogP contribution in [0.2, 0.25) is 0 Å². The lowest BCUT2D eigenvalue weighted by Gasteiger charge is -2.18. The summed E-state index contributed by atoms with van der Waals surface area (Å²) in [6.45, 7) is 0. The van der Waals surface area contributed by atoms with Gasteiger partial charge in [-0.2, -0.15) is 26.3 Å². The van der Waals surface area contributed by atoms with Gasteiger partial charge >= 0.3 is 12.4 Å². The monoisotopic (exact) mass is 430 g/mol. The third-order valence-corrected chi connectivity index (χ3v) is 3.62. The number of rotatable bonds is 6. The van der Waals surface area contributed by atoms with Crippen LogP contribution in [0.5, 0.6) is 0 Å². The van der Waals surface area contributed by atoms with E-state index < -0.39 is 23.8 Å². The van der Waals surface area contributed by atoms with Crippen LogP contribution in [0.15, 0.2) is 66.8 Å². The van der Waals surface area contributed by atoms with E-state index in [4.69, 9.17) is 17.0 Å². The van der Waals surface area contributed by atoms with Crippen molar-refractivity contribution in [1.82, 2.24) is 4.98 Å². The number of hydrogen-bond acceptors (Lipinski definition) is 6. The normalized spacial score (nSPS) is 13.2. The molecule has 0 spiro atoms. The fraction of sp³-hybridized carbons (Fsp3) is 0.111. The lowest BCUT2D eigenvalue weighted by atomic mass is 10.2. The quantitative estimate of drug-likeness (QED) is 0.239. The number of nitrogens with one attached hydrogen (secondary N) is 2. The predicted molar refractivity (Wildman–Crippen MR) is 101 cm³/mol. The van der Waals surface area contributed by atoms with Gasteiger partial charge < -0.3 is 11.1 Å². The van der Waals surface area contributed by atoms with Crippen molar-refractivity contribution in [3.05, 3.63) is 72.3 Å². The zero-order valence-electron chi connectivity index (χ0n) is 15.1. The number of hydrazine groups is 1. The highest BCUT2D eigenvalue weighted by atomic mass is 19.4. The molecule has 1 aromatic heterocycles. The van der Waals surface area contributed by atoms with Crippen molar-refractivity contribution in [2.75, 3.05) is 10.3 Å². The second-order valence-electron chi connectivity index (χ2n) is 5.87. The summed E-state index contributed by atoms with van der Waals surface area (Å²) in [6.07, 6.45) is -6.22. The third-order valence-electron chi connectivity index (χ3n) is 3.62. The smallest absolute Gasteiger partial charge is 0.397 e. The number of nitrogens with zero attached hydrogens (tertiary/aromatic N) is 2. The Balaban J connectivity index is 2.19. The first-order valence-corrected chi connectivity index (χ1v) is 8.11. The highest BCUT2D eigenvalue weighted by molar-refractivity contribution is 5.97. The number of anilines is 2. The van der Waals surface area contributed by atoms with Gasteiger partial charge in [0.1, 0.15) is 11.4 Å². The Morgan fingerprint density at radius 3 is 2.17 bits per heavy atom. The maximum absolute atomic E-state index is 13.0. The third kappa shape index (κ3) is 6.24. The second kappa shape index (κ2) is 8.86. The van der Waals surface area contributed by atoms with Gasteiger partial charge in [0.25, 0.3) is 0 Å². The van der Waals surface area contributed by atoms with Gasteiger partial charge in [-0.25, -0.2) is 5.84 Å². The number of allylic oxidation sites excluding steroid dienone is 2. The predicted octanol–water partition coefficient (Wildman–Crippen LogP) is 4.16. The van der Waals surface area contributed by atoms with Gasteiger partial charge in [0.05, 0.1) is 11.4 Å². The van der Waals surface area contributed by atoms with E-state index in [0.29, 0.717) is 11.3 Å². The SMILES string of the molecule is N=C(/C=C(\Nc1ccc(N(N)/C=C(\N)c2cccnc2)cc1)C(F)(F)F)C(F)(F)F. The molecule has 0 atom stereocenters. The first kappa shape index (κ1) is 22.7. The van der Waals surface area contributed by atoms with E-state index in [-0.39, 0.29) is 17.5 Å². The Morgan fingerprint density at radius 2 is 1.67 bits per heavy atom. The van der Waals surface area contributed by atoms with Crippen molar-refractivity contribution < 1.29 is 26.3 Å². The average molecular weight is 430 g/mol. The van der Waals surface area contributed by atoms with Crippen molar-refractivity contribution in [2.24, 2.45) is 11.6 Å². The molecule has 1 aromatic carbocycles. The van der Waals surface area contributed by atoms with E-state index in [1.165, 1.54) is 36.7 Å². The molecule has 0 saturated carbocycles. The van der Waals surface area contributed by atoms with E-state index in [1.54, 1.807) is 18.3 Å². The van der Waals surface area contributed by atoms with Crippen LogP contribution in [0.4, 0.5) is 37.7 Å². The summed E-state index contributed by atoms with van der Waals surface area (Å²) >= 11 is 0. The molecule has 160 valence electrons. The maximum atomic E-state index is 13.0. The molecule has 30 heavy (non-hydrogen) atoms. The standard InChI is InChI=1S/C18H16F6N6/c19-17(20,21)15(26)8-16(18(22,23)24)29-12-3-5-13(6-4-12)30(27)10-14(25)11-2-1-7-28-9-11/h1-10,26,29H,25,27H2/b14-10-,16-8-,26-15?. The van der Waals surface area contributed by atoms with Gasteiger partial charge in [-0.3, -0.25) is 15.4 Å². The highest BCUT2D eigenvalue weighted by Crippen LogP contribution is 2.29. The van der Waals surface area contributed by atoms with Crippen LogP contribution in [0.1, 0.15) is 5.56 Å². The molecule has 1 heterocycles. The Labute approximate surface area is 167 Å². The molecular weight excluding hydrogens is 414 g/mol. The number of pyridine rings is 1. The highest BCUT2D eigenvalue weighted by Gasteiger charge is 2.39. The number of benzene rings is 1. The fourth-order valence-corrected chi connectivity index (χ4v) is 2.12. The molecule has 12 heteroatoms. The number of halogens is 6. The van der Waals surface area contributed by atoms with Crippen LogP contribution in [0.25, 0.3) is 5.70 Å². The summed E-state index contributed by atoms with van der Waals surface area (Å²) in [7, 11) is 0. The van der Waals surface area contributed by atoms with E-state index in [1.807, 2.05) is 5.32 Å². The summed E-state index contributed by atoms with van der Waals surface area (Å²) in [5.74, 6) is 5.86. The van der Waals surface area contributed by atoms with E-state index in [2.05, 4.69) is 4.98 Å². The Kier molecular flexibility index (Phi) is 6.72. The van der Waals surface area contributed by atoms with E-state index in [9.17, 15) is 26.3 Å². The number of alkyl halides is 6. The minimum atomic E-state index is -5.21. The van der Waals surface area contributed by atoms with E-state index in [0.717, 1.165) is 5.01 Å². The van der Waals surface area contributed by atoms with Crippen LogP contribution < -0.4 is 21.9 Å². The maximum Gasteiger partial charge on any atom is 0.432 e. The number of nitrogens with two attached hydrogens (primary N) is 2. The minimum Gasteiger partial charge on any atom is -0.397 e. The van der Waals surface area contributed by atoms with Crippen LogP contribution in [0.3, 0.4) is 0 Å². The van der Waals surface area contributed by atoms with Gasteiger partial charge in [0.15, 0.2) is 0 Å². The molecule has 0 saturated heterocycles. The van der Waals surface area contributed by atoms with Gasteiger partial charge in [0, 0.05) is 29.8 Å². The van der Waals surface area contributed by atoms with Gasteiger partial charge in [-0.05, 0) is 42.5 Å². The zero-order valence-corrected chi connectivity index (χ0v) is 15.1. The van der Waals surface area contributed by atoms with Crippen LogP contribution >= 0.6 is 0 Å². The van der Waals surface area contributed by atoms with Crippen LogP contribution in [0, 0.1) is 5.41 Å². The van der Waals surface area contributed by atoms with Crippen molar-refractivity contribution in [3.63, 3.8) is 0 Å². The summed E-state index contributed by atoms with van der Waals surface area (Å²) in [4.78, 5) is 3.91. The molecule has 6 nitrogen and oxygen atoms in total. The Bertz CT molecular complexity index is 932. The topological polar surface area (TPSA) is 104 Å². The van der Waals surface area contributed by atoms with Crippen molar-refractivity contribution in [3.8, 4) is 0 Å². The summed E-state index contributed by atoms with van der Waals surface area (Å²) < 4.78 is 76.3. The second-order valence-corrected chi connectivity index (χ2v) is 5.87. The van der Waals surface area contributed by atoms with Crippen molar-refractivity contribution in [2.45, 2.75) is 12.4 Å². The lowest BCUT2D eigenvalue weighted by molar-refractivity contribution is -0.0905.